The van der Waals surface area contributed by atoms with Crippen LogP contribution < -0.4 is 0 Å². The normalized spacial score (nSPS) is 40.0. The van der Waals surface area contributed by atoms with E-state index in [9.17, 15) is 15.3 Å². The van der Waals surface area contributed by atoms with Gasteiger partial charge in [-0.2, -0.15) is 0 Å². The van der Waals surface area contributed by atoms with Gasteiger partial charge in [-0.25, -0.2) is 0 Å². The molecular formula is C29H50O5. The number of fused-ring (bicyclic) bond motifs is 1. The van der Waals surface area contributed by atoms with Crippen LogP contribution in [0.5, 0.6) is 0 Å². The van der Waals surface area contributed by atoms with Gasteiger partial charge in [0.15, 0.2) is 0 Å². The second-order valence-corrected chi connectivity index (χ2v) is 12.6. The topological polar surface area (TPSA) is 90.2 Å². The van der Waals surface area contributed by atoms with Crippen molar-refractivity contribution < 1.29 is 25.2 Å². The molecule has 7 atom stereocenters. The number of ether oxygens (including phenoxy) is 1. The van der Waals surface area contributed by atoms with Crippen LogP contribution in [0.2, 0.25) is 0 Å². The van der Waals surface area contributed by atoms with Crippen LogP contribution in [0, 0.1) is 23.2 Å². The summed E-state index contributed by atoms with van der Waals surface area (Å²) in [4.78, 5) is 0. The molecule has 0 aromatic heterocycles. The van der Waals surface area contributed by atoms with Gasteiger partial charge in [0.1, 0.15) is 5.60 Å². The molecule has 3 aliphatic carbocycles. The first-order valence-corrected chi connectivity index (χ1v) is 13.6. The first kappa shape index (κ1) is 27.9. The van der Waals surface area contributed by atoms with Crippen molar-refractivity contribution in [2.45, 2.75) is 122 Å². The average Bonchev–Trinajstić information content (AvgIpc) is 3.10. The van der Waals surface area contributed by atoms with Gasteiger partial charge >= 0.3 is 0 Å². The van der Waals surface area contributed by atoms with Gasteiger partial charge in [-0.05, 0) is 95.3 Å². The van der Waals surface area contributed by atoms with Gasteiger partial charge in [0.25, 0.3) is 0 Å². The maximum Gasteiger partial charge on any atom is 0.114 e. The maximum atomic E-state index is 10.7. The number of hydrogen-bond acceptors (Lipinski definition) is 5. The average molecular weight is 479 g/mol. The van der Waals surface area contributed by atoms with Crippen LogP contribution in [0.4, 0.5) is 0 Å². The molecule has 3 fully saturated rings. The molecule has 5 nitrogen and oxygen atoms in total. The predicted octanol–water partition coefficient (Wildman–Crippen LogP) is 4.92. The molecule has 0 spiro atoms. The summed E-state index contributed by atoms with van der Waals surface area (Å²) in [6, 6.07) is 0. The molecule has 0 aromatic carbocycles. The second-order valence-electron chi connectivity index (χ2n) is 12.6. The van der Waals surface area contributed by atoms with E-state index in [0.717, 1.165) is 30.8 Å². The third-order valence-corrected chi connectivity index (χ3v) is 9.35. The monoisotopic (exact) mass is 478 g/mol. The molecule has 0 heterocycles. The highest BCUT2D eigenvalue weighted by Crippen LogP contribution is 2.60. The fourth-order valence-corrected chi connectivity index (χ4v) is 7.25. The highest BCUT2D eigenvalue weighted by atomic mass is 16.5. The Morgan fingerprint density at radius 3 is 2.59 bits per heavy atom. The zero-order chi connectivity index (χ0) is 25.1. The number of aliphatic hydroxyl groups is 4. The molecule has 3 aliphatic rings. The summed E-state index contributed by atoms with van der Waals surface area (Å²) in [6.07, 6.45) is 13.5. The summed E-state index contributed by atoms with van der Waals surface area (Å²) in [5, 5.41) is 40.4. The Morgan fingerprint density at radius 2 is 1.91 bits per heavy atom. The minimum absolute atomic E-state index is 0.0939. The number of aliphatic hydroxyl groups excluding tert-OH is 2. The van der Waals surface area contributed by atoms with E-state index < -0.39 is 23.4 Å². The van der Waals surface area contributed by atoms with Crippen molar-refractivity contribution in [2.75, 3.05) is 13.2 Å². The van der Waals surface area contributed by atoms with Crippen molar-refractivity contribution in [2.24, 2.45) is 23.2 Å². The Bertz CT molecular complexity index is 733. The molecule has 3 saturated carbocycles. The highest BCUT2D eigenvalue weighted by molar-refractivity contribution is 5.27. The Morgan fingerprint density at radius 1 is 1.18 bits per heavy atom. The molecule has 0 unspecified atom stereocenters. The minimum Gasteiger partial charge on any atom is -0.394 e. The van der Waals surface area contributed by atoms with E-state index in [0.29, 0.717) is 30.1 Å². The fraction of sp³-hybridized carbons (Fsp3) is 0.862. The van der Waals surface area contributed by atoms with Crippen LogP contribution in [0.1, 0.15) is 98.8 Å². The minimum atomic E-state index is -1.30. The SMILES string of the molecule is C[C@H](CCCC(C)(C)O)[C@H]1CC[C@H]2/C(=C/C=C3\C[C@@H](O)[C@@](C)(O)[C@H](OCCO)C3)CCC[C@]12C. The lowest BCUT2D eigenvalue weighted by Gasteiger charge is -2.44. The molecule has 4 N–H and O–H groups in total. The maximum absolute atomic E-state index is 10.7. The zero-order valence-corrected chi connectivity index (χ0v) is 22.2. The molecule has 0 aliphatic heterocycles. The van der Waals surface area contributed by atoms with Crippen LogP contribution in [0.25, 0.3) is 0 Å². The fourth-order valence-electron chi connectivity index (χ4n) is 7.25. The van der Waals surface area contributed by atoms with E-state index in [1.165, 1.54) is 32.1 Å². The molecule has 196 valence electrons. The molecule has 34 heavy (non-hydrogen) atoms. The Kier molecular flexibility index (Phi) is 9.12. The third-order valence-electron chi connectivity index (χ3n) is 9.35. The summed E-state index contributed by atoms with van der Waals surface area (Å²) >= 11 is 0. The second kappa shape index (κ2) is 11.1. The predicted molar refractivity (Wildman–Crippen MR) is 136 cm³/mol. The molecule has 0 amide bonds. The largest absolute Gasteiger partial charge is 0.394 e. The number of allylic oxidation sites excluding steroid dienone is 3. The van der Waals surface area contributed by atoms with Gasteiger partial charge in [0.2, 0.25) is 0 Å². The Labute approximate surface area is 207 Å². The summed E-state index contributed by atoms with van der Waals surface area (Å²) in [5.74, 6) is 2.03. The van der Waals surface area contributed by atoms with Crippen molar-refractivity contribution in [1.82, 2.24) is 0 Å². The highest BCUT2D eigenvalue weighted by Gasteiger charge is 2.50. The van der Waals surface area contributed by atoms with Gasteiger partial charge in [0.05, 0.1) is 31.0 Å². The van der Waals surface area contributed by atoms with Crippen molar-refractivity contribution in [3.05, 3.63) is 23.3 Å². The first-order chi connectivity index (χ1) is 15.9. The van der Waals surface area contributed by atoms with Gasteiger partial charge in [-0.3, -0.25) is 0 Å². The van der Waals surface area contributed by atoms with Gasteiger partial charge < -0.3 is 25.2 Å². The molecule has 0 saturated heterocycles. The summed E-state index contributed by atoms with van der Waals surface area (Å²) < 4.78 is 5.68. The standard InChI is InChI=1S/C29H50O5/c1-20(8-6-14-27(2,3)32)23-12-13-24-22(9-7-15-28(23,24)4)11-10-21-18-25(31)29(5,33)26(19-21)34-17-16-30/h10-11,20,23-26,30-33H,6-9,12-19H2,1-5H3/b21-10+,22-11+/t20-,23-,24+,25-,26-,28-,29-/m1/s1. The molecule has 0 radical (unpaired) electrons. The number of rotatable bonds is 9. The summed E-state index contributed by atoms with van der Waals surface area (Å²) in [7, 11) is 0. The lowest BCUT2D eigenvalue weighted by atomic mass is 9.60. The Balaban J connectivity index is 1.69. The van der Waals surface area contributed by atoms with Crippen LogP contribution >= 0.6 is 0 Å². The lowest BCUT2D eigenvalue weighted by Crippen LogP contribution is -2.54. The molecule has 5 heteroatoms. The molecule has 0 aromatic rings. The lowest BCUT2D eigenvalue weighted by molar-refractivity contribution is -0.168. The van der Waals surface area contributed by atoms with Crippen LogP contribution in [0.3, 0.4) is 0 Å². The first-order valence-electron chi connectivity index (χ1n) is 13.6. The van der Waals surface area contributed by atoms with Crippen molar-refractivity contribution in [3.63, 3.8) is 0 Å². The molecule has 0 bridgehead atoms. The van der Waals surface area contributed by atoms with Crippen LogP contribution in [-0.4, -0.2) is 57.0 Å². The van der Waals surface area contributed by atoms with Crippen molar-refractivity contribution >= 4 is 0 Å². The van der Waals surface area contributed by atoms with E-state index in [4.69, 9.17) is 9.84 Å². The van der Waals surface area contributed by atoms with E-state index in [1.807, 2.05) is 13.8 Å². The number of hydrogen-bond donors (Lipinski definition) is 4. The van der Waals surface area contributed by atoms with E-state index in [2.05, 4.69) is 26.0 Å². The quantitative estimate of drug-likeness (QED) is 0.378. The smallest absolute Gasteiger partial charge is 0.114 e. The zero-order valence-electron chi connectivity index (χ0n) is 22.2. The summed E-state index contributed by atoms with van der Waals surface area (Å²) in [5.41, 5.74) is 1.13. The summed E-state index contributed by atoms with van der Waals surface area (Å²) in [6.45, 7) is 10.5. The van der Waals surface area contributed by atoms with E-state index in [1.54, 1.807) is 12.5 Å². The van der Waals surface area contributed by atoms with Crippen LogP contribution in [-0.2, 0) is 4.74 Å². The van der Waals surface area contributed by atoms with Gasteiger partial charge in [0, 0.05) is 0 Å². The third kappa shape index (κ3) is 6.34. The van der Waals surface area contributed by atoms with Gasteiger partial charge in [-0.15, -0.1) is 0 Å². The van der Waals surface area contributed by atoms with Crippen molar-refractivity contribution in [3.8, 4) is 0 Å². The molecular weight excluding hydrogens is 428 g/mol. The van der Waals surface area contributed by atoms with Gasteiger partial charge in [-0.1, -0.05) is 50.0 Å². The Hall–Kier alpha value is -0.720. The van der Waals surface area contributed by atoms with Crippen LogP contribution in [0.15, 0.2) is 23.3 Å². The van der Waals surface area contributed by atoms with Crippen molar-refractivity contribution in [1.29, 1.82) is 0 Å². The molecule has 3 rings (SSSR count). The van der Waals surface area contributed by atoms with E-state index in [-0.39, 0.29) is 13.2 Å². The van der Waals surface area contributed by atoms with E-state index >= 15 is 0 Å².